The highest BCUT2D eigenvalue weighted by Gasteiger charge is 2.08. The van der Waals surface area contributed by atoms with E-state index in [0.717, 1.165) is 23.3 Å². The fourth-order valence-corrected chi connectivity index (χ4v) is 1.75. The molecule has 1 N–H and O–H groups in total. The number of methoxy groups -OCH3 is 1. The van der Waals surface area contributed by atoms with Gasteiger partial charge in [-0.15, -0.1) is 0 Å². The zero-order valence-electron chi connectivity index (χ0n) is 8.90. The van der Waals surface area contributed by atoms with Gasteiger partial charge >= 0.3 is 0 Å². The third-order valence-electron chi connectivity index (χ3n) is 2.49. The molecule has 0 saturated heterocycles. The number of hydrogen-bond acceptors (Lipinski definition) is 3. The van der Waals surface area contributed by atoms with Gasteiger partial charge in [0, 0.05) is 12.6 Å². The second kappa shape index (κ2) is 3.90. The summed E-state index contributed by atoms with van der Waals surface area (Å²) in [5.41, 5.74) is 1.89. The number of aromatic nitrogens is 2. The molecule has 15 heavy (non-hydrogen) atoms. The molecular formula is C11H14N2O2. The maximum Gasteiger partial charge on any atom is 0.135 e. The third-order valence-corrected chi connectivity index (χ3v) is 2.49. The predicted octanol–water partition coefficient (Wildman–Crippen LogP) is 1.56. The maximum absolute atomic E-state index is 9.16. The van der Waals surface area contributed by atoms with Gasteiger partial charge in [-0.1, -0.05) is 0 Å². The Morgan fingerprint density at radius 2 is 2.27 bits per heavy atom. The Labute approximate surface area is 88.1 Å². The van der Waals surface area contributed by atoms with Crippen LogP contribution in [-0.2, 0) is 13.2 Å². The van der Waals surface area contributed by atoms with Crippen molar-refractivity contribution >= 4 is 11.0 Å². The molecule has 0 aliphatic rings. The van der Waals surface area contributed by atoms with Crippen LogP contribution >= 0.6 is 0 Å². The molecule has 80 valence electrons. The van der Waals surface area contributed by atoms with Crippen LogP contribution in [0, 0.1) is 0 Å². The normalized spacial score (nSPS) is 10.9. The van der Waals surface area contributed by atoms with Gasteiger partial charge in [0.25, 0.3) is 0 Å². The maximum atomic E-state index is 9.16. The van der Waals surface area contributed by atoms with Crippen LogP contribution in [0.15, 0.2) is 18.2 Å². The van der Waals surface area contributed by atoms with Gasteiger partial charge in [-0.25, -0.2) is 4.98 Å². The van der Waals surface area contributed by atoms with Gasteiger partial charge < -0.3 is 14.4 Å². The topological polar surface area (TPSA) is 47.3 Å². The molecule has 0 unspecified atom stereocenters. The van der Waals surface area contributed by atoms with Crippen LogP contribution in [0.3, 0.4) is 0 Å². The number of aliphatic hydroxyl groups is 1. The lowest BCUT2D eigenvalue weighted by molar-refractivity contribution is 0.266. The summed E-state index contributed by atoms with van der Waals surface area (Å²) < 4.78 is 7.15. The molecule has 0 fully saturated rings. The summed E-state index contributed by atoms with van der Waals surface area (Å²) in [4.78, 5) is 4.33. The standard InChI is InChI=1S/C11H14N2O2/c1-3-13-10-6-8(15-2)4-5-9(10)12-11(13)7-14/h4-6,14H,3,7H2,1-2H3. The second-order valence-electron chi connectivity index (χ2n) is 3.29. The molecule has 1 aromatic heterocycles. The van der Waals surface area contributed by atoms with Gasteiger partial charge in [0.05, 0.1) is 18.1 Å². The summed E-state index contributed by atoms with van der Waals surface area (Å²) in [7, 11) is 1.64. The van der Waals surface area contributed by atoms with Crippen LogP contribution in [0.2, 0.25) is 0 Å². The number of fused-ring (bicyclic) bond motifs is 1. The molecule has 0 aliphatic carbocycles. The van der Waals surface area contributed by atoms with Gasteiger partial charge in [-0.2, -0.15) is 0 Å². The van der Waals surface area contributed by atoms with Crippen molar-refractivity contribution in [3.05, 3.63) is 24.0 Å². The molecule has 0 saturated carbocycles. The lowest BCUT2D eigenvalue weighted by Gasteiger charge is -2.04. The first kappa shape index (κ1) is 9.98. The third kappa shape index (κ3) is 1.57. The zero-order chi connectivity index (χ0) is 10.8. The zero-order valence-corrected chi connectivity index (χ0v) is 8.90. The monoisotopic (exact) mass is 206 g/mol. The molecule has 0 spiro atoms. The van der Waals surface area contributed by atoms with E-state index < -0.39 is 0 Å². The first-order valence-electron chi connectivity index (χ1n) is 4.94. The van der Waals surface area contributed by atoms with Gasteiger partial charge in [-0.05, 0) is 19.1 Å². The first-order valence-corrected chi connectivity index (χ1v) is 4.94. The molecule has 2 rings (SSSR count). The average molecular weight is 206 g/mol. The largest absolute Gasteiger partial charge is 0.497 e. The van der Waals surface area contributed by atoms with E-state index >= 15 is 0 Å². The molecule has 0 radical (unpaired) electrons. The molecule has 0 amide bonds. The lowest BCUT2D eigenvalue weighted by atomic mass is 10.3. The van der Waals surface area contributed by atoms with Crippen LogP contribution in [0.5, 0.6) is 5.75 Å². The van der Waals surface area contributed by atoms with E-state index in [9.17, 15) is 0 Å². The number of benzene rings is 1. The quantitative estimate of drug-likeness (QED) is 0.829. The van der Waals surface area contributed by atoms with Gasteiger partial charge in [0.15, 0.2) is 0 Å². The minimum atomic E-state index is -0.0369. The molecule has 0 atom stereocenters. The van der Waals surface area contributed by atoms with Crippen LogP contribution in [0.1, 0.15) is 12.7 Å². The molecule has 4 nitrogen and oxygen atoms in total. The van der Waals surface area contributed by atoms with Crippen molar-refractivity contribution in [3.63, 3.8) is 0 Å². The minimum Gasteiger partial charge on any atom is -0.497 e. The summed E-state index contributed by atoms with van der Waals surface area (Å²) in [6.45, 7) is 2.78. The number of ether oxygens (including phenoxy) is 1. The number of rotatable bonds is 3. The van der Waals surface area contributed by atoms with E-state index in [-0.39, 0.29) is 6.61 Å². The number of imidazole rings is 1. The molecule has 0 aliphatic heterocycles. The Morgan fingerprint density at radius 3 is 2.87 bits per heavy atom. The second-order valence-corrected chi connectivity index (χ2v) is 3.29. The fraction of sp³-hybridized carbons (Fsp3) is 0.364. The number of hydrogen-bond donors (Lipinski definition) is 1. The smallest absolute Gasteiger partial charge is 0.135 e. The van der Waals surface area contributed by atoms with Crippen LogP contribution in [-0.4, -0.2) is 21.8 Å². The number of aryl methyl sites for hydroxylation is 1. The molecule has 4 heteroatoms. The summed E-state index contributed by atoms with van der Waals surface area (Å²) >= 11 is 0. The van der Waals surface area contributed by atoms with E-state index in [1.54, 1.807) is 7.11 Å². The van der Waals surface area contributed by atoms with Crippen molar-refractivity contribution in [2.24, 2.45) is 0 Å². The average Bonchev–Trinajstić information content (AvgIpc) is 2.65. The van der Waals surface area contributed by atoms with E-state index in [4.69, 9.17) is 9.84 Å². The highest BCUT2D eigenvalue weighted by Crippen LogP contribution is 2.21. The summed E-state index contributed by atoms with van der Waals surface area (Å²) in [6, 6.07) is 5.71. The highest BCUT2D eigenvalue weighted by atomic mass is 16.5. The first-order chi connectivity index (χ1) is 7.30. The van der Waals surface area contributed by atoms with Gasteiger partial charge in [0.2, 0.25) is 0 Å². The fourth-order valence-electron chi connectivity index (χ4n) is 1.75. The Balaban J connectivity index is 2.67. The molecule has 1 aromatic carbocycles. The Hall–Kier alpha value is -1.55. The van der Waals surface area contributed by atoms with Crippen LogP contribution < -0.4 is 4.74 Å². The van der Waals surface area contributed by atoms with Crippen molar-refractivity contribution in [1.29, 1.82) is 0 Å². The van der Waals surface area contributed by atoms with E-state index in [0.29, 0.717) is 5.82 Å². The predicted molar refractivity (Wildman–Crippen MR) is 57.9 cm³/mol. The van der Waals surface area contributed by atoms with E-state index in [1.165, 1.54) is 0 Å². The van der Waals surface area contributed by atoms with Crippen LogP contribution in [0.25, 0.3) is 11.0 Å². The number of nitrogens with zero attached hydrogens (tertiary/aromatic N) is 2. The SMILES string of the molecule is CCn1c(CO)nc2ccc(OC)cc21. The Kier molecular flexibility index (Phi) is 2.60. The van der Waals surface area contributed by atoms with Crippen molar-refractivity contribution in [2.45, 2.75) is 20.1 Å². The molecule has 0 bridgehead atoms. The highest BCUT2D eigenvalue weighted by molar-refractivity contribution is 5.77. The van der Waals surface area contributed by atoms with E-state index in [2.05, 4.69) is 4.98 Å². The molecule has 1 heterocycles. The molecular weight excluding hydrogens is 192 g/mol. The number of aliphatic hydroxyl groups excluding tert-OH is 1. The van der Waals surface area contributed by atoms with Crippen molar-refractivity contribution < 1.29 is 9.84 Å². The van der Waals surface area contributed by atoms with Crippen molar-refractivity contribution in [3.8, 4) is 5.75 Å². The molecule has 2 aromatic rings. The van der Waals surface area contributed by atoms with Gasteiger partial charge in [0.1, 0.15) is 18.2 Å². The summed E-state index contributed by atoms with van der Waals surface area (Å²) in [5, 5.41) is 9.16. The lowest BCUT2D eigenvalue weighted by Crippen LogP contribution is -2.01. The summed E-state index contributed by atoms with van der Waals surface area (Å²) in [5.74, 6) is 1.50. The Bertz CT molecular complexity index is 477. The van der Waals surface area contributed by atoms with E-state index in [1.807, 2.05) is 29.7 Å². The van der Waals surface area contributed by atoms with Crippen molar-refractivity contribution in [1.82, 2.24) is 9.55 Å². The van der Waals surface area contributed by atoms with Crippen LogP contribution in [0.4, 0.5) is 0 Å². The van der Waals surface area contributed by atoms with Crippen molar-refractivity contribution in [2.75, 3.05) is 7.11 Å². The minimum absolute atomic E-state index is 0.0369. The van der Waals surface area contributed by atoms with Gasteiger partial charge in [-0.3, -0.25) is 0 Å². The summed E-state index contributed by atoms with van der Waals surface area (Å²) in [6.07, 6.45) is 0. The Morgan fingerprint density at radius 1 is 1.47 bits per heavy atom.